The number of terminal acetylenes is 1. The Labute approximate surface area is 112 Å². The van der Waals surface area contributed by atoms with Crippen molar-refractivity contribution in [1.29, 1.82) is 0 Å². The fourth-order valence-electron chi connectivity index (χ4n) is 2.34. The maximum Gasteiger partial charge on any atom is 0.348 e. The molecule has 4 nitrogen and oxygen atoms in total. The Balaban J connectivity index is 2.26. The van der Waals surface area contributed by atoms with Gasteiger partial charge in [-0.15, -0.1) is 6.42 Å². The van der Waals surface area contributed by atoms with Gasteiger partial charge < -0.3 is 15.2 Å². The van der Waals surface area contributed by atoms with E-state index in [0.29, 0.717) is 12.8 Å². The highest BCUT2D eigenvalue weighted by Crippen LogP contribution is 2.35. The van der Waals surface area contributed by atoms with Crippen molar-refractivity contribution in [3.05, 3.63) is 35.9 Å². The van der Waals surface area contributed by atoms with Crippen LogP contribution in [-0.4, -0.2) is 30.3 Å². The molecule has 4 heteroatoms. The molecule has 1 unspecified atom stereocenters. The molecular weight excluding hydrogens is 242 g/mol. The first kappa shape index (κ1) is 13.6. The van der Waals surface area contributed by atoms with Gasteiger partial charge in [-0.2, -0.15) is 0 Å². The zero-order valence-electron chi connectivity index (χ0n) is 10.6. The van der Waals surface area contributed by atoms with Crippen LogP contribution in [0, 0.1) is 12.3 Å². The molecular formula is C15H17NO3. The molecule has 1 saturated heterocycles. The van der Waals surface area contributed by atoms with Crippen molar-refractivity contribution >= 4 is 5.97 Å². The van der Waals surface area contributed by atoms with Crippen LogP contribution in [0.25, 0.3) is 0 Å². The first-order valence-corrected chi connectivity index (χ1v) is 6.31. The number of esters is 1. The van der Waals surface area contributed by atoms with Crippen LogP contribution in [0.4, 0.5) is 0 Å². The third-order valence-electron chi connectivity index (χ3n) is 3.39. The summed E-state index contributed by atoms with van der Waals surface area (Å²) >= 11 is 0. The van der Waals surface area contributed by atoms with E-state index in [2.05, 4.69) is 5.32 Å². The first-order chi connectivity index (χ1) is 9.18. The standard InChI is InChI=1S/C15H17NO3/c1-2-13(17)14(18)19-15(8-10-16-11-9-15)12-6-4-3-5-7-12/h1,3-7,13,16-17H,8-11H2. The van der Waals surface area contributed by atoms with Crippen molar-refractivity contribution in [2.45, 2.75) is 24.5 Å². The zero-order valence-corrected chi connectivity index (χ0v) is 10.6. The minimum atomic E-state index is -1.50. The second-order valence-corrected chi connectivity index (χ2v) is 4.60. The SMILES string of the molecule is C#CC(O)C(=O)OC1(c2ccccc2)CCNCC1. The predicted octanol–water partition coefficient (Wildman–Crippen LogP) is 0.803. The van der Waals surface area contributed by atoms with Gasteiger partial charge in [-0.05, 0) is 18.7 Å². The number of aliphatic hydroxyl groups is 1. The molecule has 0 saturated carbocycles. The summed E-state index contributed by atoms with van der Waals surface area (Å²) in [5.74, 6) is 1.23. The zero-order chi connectivity index (χ0) is 13.7. The van der Waals surface area contributed by atoms with Crippen molar-refractivity contribution < 1.29 is 14.6 Å². The summed E-state index contributed by atoms with van der Waals surface area (Å²) < 4.78 is 5.55. The molecule has 100 valence electrons. The molecule has 1 aromatic rings. The van der Waals surface area contributed by atoms with E-state index < -0.39 is 17.7 Å². The maximum atomic E-state index is 11.8. The van der Waals surface area contributed by atoms with Crippen LogP contribution < -0.4 is 5.32 Å². The first-order valence-electron chi connectivity index (χ1n) is 6.31. The molecule has 0 spiro atoms. The van der Waals surface area contributed by atoms with E-state index in [-0.39, 0.29) is 0 Å². The number of rotatable bonds is 3. The number of nitrogens with one attached hydrogen (secondary N) is 1. The van der Waals surface area contributed by atoms with Gasteiger partial charge in [-0.3, -0.25) is 0 Å². The third-order valence-corrected chi connectivity index (χ3v) is 3.39. The molecule has 1 aliphatic rings. The number of benzene rings is 1. The highest BCUT2D eigenvalue weighted by Gasteiger charge is 2.38. The molecule has 0 amide bonds. The van der Waals surface area contributed by atoms with Crippen LogP contribution in [0.3, 0.4) is 0 Å². The Bertz CT molecular complexity index is 472. The summed E-state index contributed by atoms with van der Waals surface area (Å²) in [6.45, 7) is 1.52. The smallest absolute Gasteiger partial charge is 0.348 e. The van der Waals surface area contributed by atoms with Gasteiger partial charge in [0.05, 0.1) is 0 Å². The highest BCUT2D eigenvalue weighted by molar-refractivity contribution is 5.78. The molecule has 1 heterocycles. The molecule has 2 N–H and O–H groups in total. The van der Waals surface area contributed by atoms with Crippen LogP contribution in [-0.2, 0) is 15.1 Å². The number of carbonyl (C=O) groups excluding carboxylic acids is 1. The number of hydrogen-bond acceptors (Lipinski definition) is 4. The lowest BCUT2D eigenvalue weighted by molar-refractivity contribution is -0.171. The summed E-state index contributed by atoms with van der Waals surface area (Å²) in [6.07, 6.45) is 4.88. The quantitative estimate of drug-likeness (QED) is 0.623. The lowest BCUT2D eigenvalue weighted by atomic mass is 9.84. The number of carbonyl (C=O) groups is 1. The molecule has 1 aliphatic heterocycles. The van der Waals surface area contributed by atoms with Gasteiger partial charge >= 0.3 is 5.97 Å². The molecule has 2 rings (SSSR count). The number of hydrogen-bond donors (Lipinski definition) is 2. The van der Waals surface area contributed by atoms with Gasteiger partial charge in [0, 0.05) is 12.8 Å². The Morgan fingerprint density at radius 3 is 2.58 bits per heavy atom. The van der Waals surface area contributed by atoms with E-state index in [1.165, 1.54) is 0 Å². The van der Waals surface area contributed by atoms with Crippen molar-refractivity contribution in [2.75, 3.05) is 13.1 Å². The largest absolute Gasteiger partial charge is 0.451 e. The Kier molecular flexibility index (Phi) is 4.20. The Hall–Kier alpha value is -1.83. The average molecular weight is 259 g/mol. The Morgan fingerprint density at radius 2 is 2.00 bits per heavy atom. The normalized spacial score (nSPS) is 19.2. The molecule has 0 radical (unpaired) electrons. The number of ether oxygens (including phenoxy) is 1. The van der Waals surface area contributed by atoms with Crippen LogP contribution in [0.5, 0.6) is 0 Å². The number of aliphatic hydroxyl groups excluding tert-OH is 1. The molecule has 19 heavy (non-hydrogen) atoms. The summed E-state index contributed by atoms with van der Waals surface area (Å²) in [6, 6.07) is 9.59. The van der Waals surface area contributed by atoms with E-state index in [1.807, 2.05) is 36.3 Å². The minimum absolute atomic E-state index is 0.667. The molecule has 1 fully saturated rings. The summed E-state index contributed by atoms with van der Waals surface area (Å²) in [5.41, 5.74) is 0.246. The van der Waals surface area contributed by atoms with Crippen LogP contribution >= 0.6 is 0 Å². The van der Waals surface area contributed by atoms with Gasteiger partial charge in [0.1, 0.15) is 5.60 Å². The van der Waals surface area contributed by atoms with Gasteiger partial charge in [-0.1, -0.05) is 36.3 Å². The van der Waals surface area contributed by atoms with E-state index in [9.17, 15) is 9.90 Å². The van der Waals surface area contributed by atoms with E-state index >= 15 is 0 Å². The Morgan fingerprint density at radius 1 is 1.37 bits per heavy atom. The second kappa shape index (κ2) is 5.87. The van der Waals surface area contributed by atoms with Crippen molar-refractivity contribution in [3.63, 3.8) is 0 Å². The molecule has 1 atom stereocenters. The lowest BCUT2D eigenvalue weighted by Gasteiger charge is -2.37. The van der Waals surface area contributed by atoms with Gasteiger partial charge in [0.2, 0.25) is 6.10 Å². The van der Waals surface area contributed by atoms with Gasteiger partial charge in [-0.25, -0.2) is 4.79 Å². The van der Waals surface area contributed by atoms with Gasteiger partial charge in [0.25, 0.3) is 0 Å². The minimum Gasteiger partial charge on any atom is -0.451 e. The van der Waals surface area contributed by atoms with Crippen LogP contribution in [0.1, 0.15) is 18.4 Å². The van der Waals surface area contributed by atoms with Crippen LogP contribution in [0.2, 0.25) is 0 Å². The van der Waals surface area contributed by atoms with Crippen molar-refractivity contribution in [1.82, 2.24) is 5.32 Å². The predicted molar refractivity (Wildman–Crippen MR) is 71.2 cm³/mol. The third kappa shape index (κ3) is 2.95. The maximum absolute atomic E-state index is 11.8. The summed E-state index contributed by atoms with van der Waals surface area (Å²) in [7, 11) is 0. The van der Waals surface area contributed by atoms with E-state index in [0.717, 1.165) is 18.7 Å². The number of piperidine rings is 1. The van der Waals surface area contributed by atoms with E-state index in [1.54, 1.807) is 0 Å². The average Bonchev–Trinajstić information content (AvgIpc) is 2.48. The van der Waals surface area contributed by atoms with Gasteiger partial charge in [0.15, 0.2) is 0 Å². The van der Waals surface area contributed by atoms with Crippen molar-refractivity contribution in [2.24, 2.45) is 0 Å². The highest BCUT2D eigenvalue weighted by atomic mass is 16.6. The molecule has 1 aromatic carbocycles. The molecule has 0 aromatic heterocycles. The molecule has 0 bridgehead atoms. The summed E-state index contributed by atoms with van der Waals surface area (Å²) in [4.78, 5) is 11.8. The lowest BCUT2D eigenvalue weighted by Crippen LogP contribution is -2.44. The summed E-state index contributed by atoms with van der Waals surface area (Å²) in [5, 5.41) is 12.6. The topological polar surface area (TPSA) is 58.6 Å². The fraction of sp³-hybridized carbons (Fsp3) is 0.400. The fourth-order valence-corrected chi connectivity index (χ4v) is 2.34. The second-order valence-electron chi connectivity index (χ2n) is 4.60. The van der Waals surface area contributed by atoms with E-state index in [4.69, 9.17) is 11.2 Å². The molecule has 0 aliphatic carbocycles. The van der Waals surface area contributed by atoms with Crippen LogP contribution in [0.15, 0.2) is 30.3 Å². The van der Waals surface area contributed by atoms with Crippen molar-refractivity contribution in [3.8, 4) is 12.3 Å². The monoisotopic (exact) mass is 259 g/mol.